The van der Waals surface area contributed by atoms with Gasteiger partial charge in [-0.25, -0.2) is 9.97 Å². The van der Waals surface area contributed by atoms with E-state index in [1.807, 2.05) is 49.2 Å². The van der Waals surface area contributed by atoms with Crippen LogP contribution in [0.1, 0.15) is 18.2 Å². The lowest BCUT2D eigenvalue weighted by atomic mass is 10.2. The van der Waals surface area contributed by atoms with Crippen molar-refractivity contribution in [1.29, 1.82) is 0 Å². The van der Waals surface area contributed by atoms with Gasteiger partial charge < -0.3 is 4.90 Å². The average molecular weight is 308 g/mol. The van der Waals surface area contributed by atoms with Crippen LogP contribution in [0, 0.1) is 6.92 Å². The van der Waals surface area contributed by atoms with E-state index < -0.39 is 0 Å². The second-order valence-electron chi connectivity index (χ2n) is 5.46. The molecule has 0 aliphatic rings. The minimum Gasteiger partial charge on any atom is -0.352 e. The largest absolute Gasteiger partial charge is 0.352 e. The number of aromatic nitrogens is 5. The van der Waals surface area contributed by atoms with E-state index in [4.69, 9.17) is 4.98 Å². The van der Waals surface area contributed by atoms with E-state index in [2.05, 4.69) is 26.9 Å². The molecule has 3 rings (SSSR count). The highest BCUT2D eigenvalue weighted by Crippen LogP contribution is 2.20. The highest BCUT2D eigenvalue weighted by Gasteiger charge is 2.12. The lowest BCUT2D eigenvalue weighted by Gasteiger charge is -2.22. The van der Waals surface area contributed by atoms with E-state index in [-0.39, 0.29) is 0 Å². The van der Waals surface area contributed by atoms with E-state index in [1.165, 1.54) is 0 Å². The molecule has 0 aromatic carbocycles. The molecule has 0 N–H and O–H groups in total. The molecule has 0 atom stereocenters. The molecule has 3 heterocycles. The first kappa shape index (κ1) is 15.1. The standard InChI is InChI=1S/C17H20N6/c1-4-23(12-14-10-19-22(3)11-14)16-9-13(2)20-17(21-16)15-5-7-18-8-6-15/h5-11H,4,12H2,1-3H3. The lowest BCUT2D eigenvalue weighted by molar-refractivity contribution is 0.764. The van der Waals surface area contributed by atoms with Gasteiger partial charge in [-0.3, -0.25) is 9.67 Å². The van der Waals surface area contributed by atoms with Crippen LogP contribution in [0.4, 0.5) is 5.82 Å². The van der Waals surface area contributed by atoms with Crippen LogP contribution < -0.4 is 4.90 Å². The molecule has 0 amide bonds. The molecular formula is C17H20N6. The first-order chi connectivity index (χ1) is 11.2. The Morgan fingerprint density at radius 3 is 2.61 bits per heavy atom. The second kappa shape index (κ2) is 6.56. The predicted molar refractivity (Wildman–Crippen MR) is 89.9 cm³/mol. The SMILES string of the molecule is CCN(Cc1cnn(C)c1)c1cc(C)nc(-c2ccncc2)n1. The number of hydrogen-bond acceptors (Lipinski definition) is 5. The maximum absolute atomic E-state index is 4.74. The quantitative estimate of drug-likeness (QED) is 0.725. The average Bonchev–Trinajstić information content (AvgIpc) is 2.98. The van der Waals surface area contributed by atoms with Crippen molar-refractivity contribution in [2.75, 3.05) is 11.4 Å². The molecule has 0 saturated carbocycles. The molecule has 0 spiro atoms. The van der Waals surface area contributed by atoms with Gasteiger partial charge in [-0.2, -0.15) is 5.10 Å². The summed E-state index contributed by atoms with van der Waals surface area (Å²) in [7, 11) is 1.93. The molecule has 23 heavy (non-hydrogen) atoms. The fourth-order valence-corrected chi connectivity index (χ4v) is 2.47. The summed E-state index contributed by atoms with van der Waals surface area (Å²) < 4.78 is 1.82. The van der Waals surface area contributed by atoms with Crippen molar-refractivity contribution < 1.29 is 0 Å². The van der Waals surface area contributed by atoms with Gasteiger partial charge in [0.15, 0.2) is 5.82 Å². The lowest BCUT2D eigenvalue weighted by Crippen LogP contribution is -2.23. The summed E-state index contributed by atoms with van der Waals surface area (Å²) in [5.74, 6) is 1.66. The highest BCUT2D eigenvalue weighted by molar-refractivity contribution is 5.57. The maximum Gasteiger partial charge on any atom is 0.161 e. The smallest absolute Gasteiger partial charge is 0.161 e. The third-order valence-corrected chi connectivity index (χ3v) is 3.62. The third kappa shape index (κ3) is 3.53. The molecule has 0 fully saturated rings. The Bertz CT molecular complexity index is 781. The molecule has 3 aromatic heterocycles. The molecule has 0 aliphatic carbocycles. The van der Waals surface area contributed by atoms with Crippen LogP contribution in [-0.2, 0) is 13.6 Å². The molecule has 0 unspecified atom stereocenters. The van der Waals surface area contributed by atoms with Crippen molar-refractivity contribution in [1.82, 2.24) is 24.7 Å². The molecule has 6 nitrogen and oxygen atoms in total. The second-order valence-corrected chi connectivity index (χ2v) is 5.46. The summed E-state index contributed by atoms with van der Waals surface area (Å²) in [5.41, 5.74) is 3.09. The zero-order chi connectivity index (χ0) is 16.2. The van der Waals surface area contributed by atoms with Crippen molar-refractivity contribution in [2.45, 2.75) is 20.4 Å². The molecular weight excluding hydrogens is 288 g/mol. The summed E-state index contributed by atoms with van der Waals surface area (Å²) >= 11 is 0. The Morgan fingerprint density at radius 2 is 1.96 bits per heavy atom. The molecule has 6 heteroatoms. The minimum absolute atomic E-state index is 0.729. The zero-order valence-corrected chi connectivity index (χ0v) is 13.6. The van der Waals surface area contributed by atoms with Crippen molar-refractivity contribution in [3.05, 3.63) is 54.2 Å². The topological polar surface area (TPSA) is 59.7 Å². The van der Waals surface area contributed by atoms with Crippen LogP contribution in [0.3, 0.4) is 0 Å². The third-order valence-electron chi connectivity index (χ3n) is 3.62. The van der Waals surface area contributed by atoms with Crippen LogP contribution in [0.2, 0.25) is 0 Å². The first-order valence-corrected chi connectivity index (χ1v) is 7.64. The Hall–Kier alpha value is -2.76. The van der Waals surface area contributed by atoms with Crippen LogP contribution in [-0.4, -0.2) is 31.3 Å². The van der Waals surface area contributed by atoms with Crippen LogP contribution >= 0.6 is 0 Å². The van der Waals surface area contributed by atoms with Gasteiger partial charge in [-0.05, 0) is 26.0 Å². The predicted octanol–water partition coefficient (Wildman–Crippen LogP) is 2.61. The number of anilines is 1. The van der Waals surface area contributed by atoms with Gasteiger partial charge in [0.25, 0.3) is 0 Å². The van der Waals surface area contributed by atoms with Gasteiger partial charge in [0, 0.05) is 61.6 Å². The van der Waals surface area contributed by atoms with Gasteiger partial charge in [0.2, 0.25) is 0 Å². The van der Waals surface area contributed by atoms with E-state index >= 15 is 0 Å². The van der Waals surface area contributed by atoms with E-state index in [0.29, 0.717) is 0 Å². The Labute approximate surface area is 135 Å². The summed E-state index contributed by atoms with van der Waals surface area (Å²) in [6, 6.07) is 5.87. The Balaban J connectivity index is 1.92. The normalized spacial score (nSPS) is 10.7. The van der Waals surface area contributed by atoms with Crippen LogP contribution in [0.25, 0.3) is 11.4 Å². The molecule has 0 saturated heterocycles. The number of nitrogens with zero attached hydrogens (tertiary/aromatic N) is 6. The molecule has 0 aliphatic heterocycles. The van der Waals surface area contributed by atoms with Gasteiger partial charge >= 0.3 is 0 Å². The molecule has 0 radical (unpaired) electrons. The number of aryl methyl sites for hydroxylation is 2. The summed E-state index contributed by atoms with van der Waals surface area (Å²) in [4.78, 5) is 15.6. The molecule has 118 valence electrons. The fourth-order valence-electron chi connectivity index (χ4n) is 2.47. The summed E-state index contributed by atoms with van der Waals surface area (Å²) in [5, 5.41) is 4.23. The highest BCUT2D eigenvalue weighted by atomic mass is 15.3. The molecule has 3 aromatic rings. The Morgan fingerprint density at radius 1 is 1.17 bits per heavy atom. The Kier molecular flexibility index (Phi) is 4.32. The maximum atomic E-state index is 4.74. The number of rotatable bonds is 5. The first-order valence-electron chi connectivity index (χ1n) is 7.64. The van der Waals surface area contributed by atoms with Crippen LogP contribution in [0.15, 0.2) is 43.0 Å². The monoisotopic (exact) mass is 308 g/mol. The van der Waals surface area contributed by atoms with E-state index in [0.717, 1.165) is 41.6 Å². The minimum atomic E-state index is 0.729. The zero-order valence-electron chi connectivity index (χ0n) is 13.6. The van der Waals surface area contributed by atoms with Gasteiger partial charge in [0.05, 0.1) is 6.20 Å². The summed E-state index contributed by atoms with van der Waals surface area (Å²) in [6.45, 7) is 5.76. The fraction of sp³-hybridized carbons (Fsp3) is 0.294. The van der Waals surface area contributed by atoms with Crippen molar-refractivity contribution in [3.8, 4) is 11.4 Å². The van der Waals surface area contributed by atoms with Crippen molar-refractivity contribution >= 4 is 5.82 Å². The van der Waals surface area contributed by atoms with Crippen molar-refractivity contribution in [3.63, 3.8) is 0 Å². The van der Waals surface area contributed by atoms with E-state index in [1.54, 1.807) is 12.4 Å². The number of hydrogen-bond donors (Lipinski definition) is 0. The van der Waals surface area contributed by atoms with Crippen molar-refractivity contribution in [2.24, 2.45) is 7.05 Å². The summed E-state index contributed by atoms with van der Waals surface area (Å²) in [6.07, 6.45) is 7.43. The molecule has 0 bridgehead atoms. The van der Waals surface area contributed by atoms with Gasteiger partial charge in [-0.1, -0.05) is 0 Å². The number of pyridine rings is 1. The van der Waals surface area contributed by atoms with Crippen LogP contribution in [0.5, 0.6) is 0 Å². The van der Waals surface area contributed by atoms with E-state index in [9.17, 15) is 0 Å². The van der Waals surface area contributed by atoms with Gasteiger partial charge in [-0.15, -0.1) is 0 Å². The van der Waals surface area contributed by atoms with Gasteiger partial charge in [0.1, 0.15) is 5.82 Å².